The third-order valence-electron chi connectivity index (χ3n) is 9.90. The average molecular weight is 377 g/mol. The van der Waals surface area contributed by atoms with E-state index in [0.717, 1.165) is 60.7 Å². The zero-order valence-corrected chi connectivity index (χ0v) is 18.3. The SMILES string of the molecule is C[C@H](CCC(C)(C)O)[C@H]1CC[C@H]2[C@@H]3CC[C@@H]4C[C@@H](O)CC[C@@H]4[C@H]3CC[C@]12C. The van der Waals surface area contributed by atoms with E-state index < -0.39 is 5.60 Å². The van der Waals surface area contributed by atoms with Gasteiger partial charge in [0.2, 0.25) is 0 Å². The van der Waals surface area contributed by atoms with Gasteiger partial charge >= 0.3 is 0 Å². The molecule has 0 radical (unpaired) electrons. The lowest BCUT2D eigenvalue weighted by atomic mass is 9.49. The second-order valence-electron chi connectivity index (χ2n) is 12.0. The van der Waals surface area contributed by atoms with E-state index in [9.17, 15) is 10.2 Å². The Kier molecular flexibility index (Phi) is 5.47. The number of aliphatic hydroxyl groups is 2. The van der Waals surface area contributed by atoms with Crippen LogP contribution >= 0.6 is 0 Å². The molecule has 2 heteroatoms. The fourth-order valence-corrected chi connectivity index (χ4v) is 8.59. The molecule has 0 saturated heterocycles. The van der Waals surface area contributed by atoms with Gasteiger partial charge < -0.3 is 10.2 Å². The highest BCUT2D eigenvalue weighted by atomic mass is 16.3. The average Bonchev–Trinajstić information content (AvgIpc) is 2.96. The molecular formula is C25H44O2. The van der Waals surface area contributed by atoms with Crippen LogP contribution in [0.4, 0.5) is 0 Å². The summed E-state index contributed by atoms with van der Waals surface area (Å²) in [4.78, 5) is 0. The maximum absolute atomic E-state index is 10.2. The monoisotopic (exact) mass is 376 g/mol. The Morgan fingerprint density at radius 2 is 1.70 bits per heavy atom. The van der Waals surface area contributed by atoms with Gasteiger partial charge in [-0.25, -0.2) is 0 Å². The number of rotatable bonds is 4. The van der Waals surface area contributed by atoms with Gasteiger partial charge in [0.1, 0.15) is 0 Å². The van der Waals surface area contributed by atoms with Crippen molar-refractivity contribution in [2.24, 2.45) is 46.8 Å². The minimum atomic E-state index is -0.519. The summed E-state index contributed by atoms with van der Waals surface area (Å²) in [5, 5.41) is 20.3. The Labute approximate surface area is 167 Å². The molecule has 4 aliphatic rings. The summed E-state index contributed by atoms with van der Waals surface area (Å²) in [5.41, 5.74) is 0.0238. The smallest absolute Gasteiger partial charge is 0.0591 e. The third-order valence-corrected chi connectivity index (χ3v) is 9.90. The van der Waals surface area contributed by atoms with Gasteiger partial charge in [-0.15, -0.1) is 0 Å². The molecule has 156 valence electrons. The number of hydrogen-bond donors (Lipinski definition) is 2. The van der Waals surface area contributed by atoms with Crippen LogP contribution in [0, 0.1) is 46.8 Å². The van der Waals surface area contributed by atoms with Crippen LogP contribution in [0.5, 0.6) is 0 Å². The van der Waals surface area contributed by atoms with Crippen molar-refractivity contribution in [3.05, 3.63) is 0 Å². The van der Waals surface area contributed by atoms with Crippen molar-refractivity contribution in [2.75, 3.05) is 0 Å². The van der Waals surface area contributed by atoms with Crippen LogP contribution in [-0.4, -0.2) is 21.9 Å². The Bertz CT molecular complexity index is 523. The van der Waals surface area contributed by atoms with Gasteiger partial charge in [-0.2, -0.15) is 0 Å². The number of hydrogen-bond acceptors (Lipinski definition) is 2. The molecule has 0 amide bonds. The van der Waals surface area contributed by atoms with Crippen molar-refractivity contribution in [1.82, 2.24) is 0 Å². The Morgan fingerprint density at radius 3 is 2.44 bits per heavy atom. The van der Waals surface area contributed by atoms with E-state index in [4.69, 9.17) is 0 Å². The van der Waals surface area contributed by atoms with Gasteiger partial charge in [-0.05, 0) is 131 Å². The van der Waals surface area contributed by atoms with Crippen molar-refractivity contribution in [3.8, 4) is 0 Å². The van der Waals surface area contributed by atoms with Crippen molar-refractivity contribution in [1.29, 1.82) is 0 Å². The van der Waals surface area contributed by atoms with Crippen molar-refractivity contribution >= 4 is 0 Å². The normalized spacial score (nSPS) is 48.4. The maximum Gasteiger partial charge on any atom is 0.0591 e. The fourth-order valence-electron chi connectivity index (χ4n) is 8.59. The molecule has 0 aliphatic heterocycles. The van der Waals surface area contributed by atoms with Gasteiger partial charge in [0, 0.05) is 0 Å². The Morgan fingerprint density at radius 1 is 0.963 bits per heavy atom. The zero-order valence-electron chi connectivity index (χ0n) is 18.3. The number of aliphatic hydroxyl groups excluding tert-OH is 1. The molecule has 0 spiro atoms. The van der Waals surface area contributed by atoms with E-state index >= 15 is 0 Å². The van der Waals surface area contributed by atoms with Gasteiger partial charge in [0.05, 0.1) is 11.7 Å². The molecule has 4 fully saturated rings. The lowest BCUT2D eigenvalue weighted by Crippen LogP contribution is -2.49. The van der Waals surface area contributed by atoms with Gasteiger partial charge in [0.25, 0.3) is 0 Å². The maximum atomic E-state index is 10.2. The minimum absolute atomic E-state index is 0.0101. The molecule has 4 aliphatic carbocycles. The lowest BCUT2D eigenvalue weighted by molar-refractivity contribution is -0.0828. The molecular weight excluding hydrogens is 332 g/mol. The largest absolute Gasteiger partial charge is 0.393 e. The Hall–Kier alpha value is -0.0800. The number of fused-ring (bicyclic) bond motifs is 5. The molecule has 0 heterocycles. The molecule has 4 rings (SSSR count). The molecule has 2 N–H and O–H groups in total. The van der Waals surface area contributed by atoms with E-state index in [1.54, 1.807) is 0 Å². The Balaban J connectivity index is 1.45. The molecule has 0 aromatic heterocycles. The molecule has 4 saturated carbocycles. The quantitative estimate of drug-likeness (QED) is 0.650. The molecule has 9 atom stereocenters. The first kappa shape index (κ1) is 20.2. The summed E-state index contributed by atoms with van der Waals surface area (Å²) in [7, 11) is 0. The fraction of sp³-hybridized carbons (Fsp3) is 1.00. The second-order valence-corrected chi connectivity index (χ2v) is 12.0. The topological polar surface area (TPSA) is 40.5 Å². The van der Waals surface area contributed by atoms with Crippen LogP contribution < -0.4 is 0 Å². The molecule has 27 heavy (non-hydrogen) atoms. The zero-order chi connectivity index (χ0) is 19.4. The van der Waals surface area contributed by atoms with Crippen LogP contribution in [0.25, 0.3) is 0 Å². The third kappa shape index (κ3) is 3.75. The van der Waals surface area contributed by atoms with E-state index in [2.05, 4.69) is 13.8 Å². The van der Waals surface area contributed by atoms with Crippen LogP contribution in [-0.2, 0) is 0 Å². The van der Waals surface area contributed by atoms with Crippen LogP contribution in [0.1, 0.15) is 98.3 Å². The molecule has 0 aromatic carbocycles. The summed E-state index contributed by atoms with van der Waals surface area (Å²) in [5.74, 6) is 6.21. The van der Waals surface area contributed by atoms with Gasteiger partial charge in [-0.3, -0.25) is 0 Å². The van der Waals surface area contributed by atoms with Crippen molar-refractivity contribution < 1.29 is 10.2 Å². The van der Waals surface area contributed by atoms with Crippen LogP contribution in [0.15, 0.2) is 0 Å². The first-order valence-corrected chi connectivity index (χ1v) is 12.1. The first-order valence-electron chi connectivity index (χ1n) is 12.1. The van der Waals surface area contributed by atoms with Gasteiger partial charge in [-0.1, -0.05) is 13.8 Å². The van der Waals surface area contributed by atoms with E-state index in [1.165, 1.54) is 51.4 Å². The summed E-state index contributed by atoms with van der Waals surface area (Å²) >= 11 is 0. The summed E-state index contributed by atoms with van der Waals surface area (Å²) in [6, 6.07) is 0. The highest BCUT2D eigenvalue weighted by Gasteiger charge is 2.57. The van der Waals surface area contributed by atoms with Crippen LogP contribution in [0.2, 0.25) is 0 Å². The summed E-state index contributed by atoms with van der Waals surface area (Å²) in [6.07, 6.45) is 14.1. The second kappa shape index (κ2) is 7.31. The van der Waals surface area contributed by atoms with Crippen molar-refractivity contribution in [3.63, 3.8) is 0 Å². The first-order chi connectivity index (χ1) is 12.7. The summed E-state index contributed by atoms with van der Waals surface area (Å²) < 4.78 is 0. The highest BCUT2D eigenvalue weighted by molar-refractivity contribution is 5.06. The molecule has 0 aromatic rings. The summed E-state index contributed by atoms with van der Waals surface area (Å²) in [6.45, 7) is 9.03. The van der Waals surface area contributed by atoms with E-state index in [0.29, 0.717) is 5.41 Å². The minimum Gasteiger partial charge on any atom is -0.393 e. The van der Waals surface area contributed by atoms with E-state index in [-0.39, 0.29) is 6.10 Å². The van der Waals surface area contributed by atoms with E-state index in [1.807, 2.05) is 13.8 Å². The van der Waals surface area contributed by atoms with Crippen molar-refractivity contribution in [2.45, 2.75) is 110 Å². The predicted octanol–water partition coefficient (Wildman–Crippen LogP) is 5.80. The molecule has 0 bridgehead atoms. The highest BCUT2D eigenvalue weighted by Crippen LogP contribution is 2.65. The standard InChI is InChI=1S/C25H44O2/c1-16(11-13-24(2,3)27)22-9-10-23-21-7-5-17-15-18(26)6-8-19(17)20(21)12-14-25(22,23)4/h16-23,26-27H,5-15H2,1-4H3/t16-,17-,18+,19+,20-,21-,22-,23+,25-/m1/s1. The van der Waals surface area contributed by atoms with Gasteiger partial charge in [0.15, 0.2) is 0 Å². The predicted molar refractivity (Wildman–Crippen MR) is 111 cm³/mol. The molecule has 2 nitrogen and oxygen atoms in total. The molecule has 0 unspecified atom stereocenters. The van der Waals surface area contributed by atoms with Crippen LogP contribution in [0.3, 0.4) is 0 Å². The lowest BCUT2D eigenvalue weighted by Gasteiger charge is -2.56.